The van der Waals surface area contributed by atoms with E-state index >= 15 is 0 Å². The molecular formula is C18H18F3N5O5S. The third-order valence-corrected chi connectivity index (χ3v) is 5.97. The summed E-state index contributed by atoms with van der Waals surface area (Å²) in [6.07, 6.45) is -3.69. The molecule has 1 aliphatic heterocycles. The monoisotopic (exact) mass is 473 g/mol. The number of oxazole rings is 1. The Morgan fingerprint density at radius 1 is 1.38 bits per heavy atom. The maximum absolute atomic E-state index is 12.9. The molecule has 1 amide bonds. The number of rotatable bonds is 5. The van der Waals surface area contributed by atoms with Crippen molar-refractivity contribution in [3.05, 3.63) is 41.3 Å². The van der Waals surface area contributed by atoms with Crippen LogP contribution in [0.5, 0.6) is 0 Å². The van der Waals surface area contributed by atoms with Crippen molar-refractivity contribution in [2.24, 2.45) is 5.92 Å². The van der Waals surface area contributed by atoms with Gasteiger partial charge in [-0.25, -0.2) is 4.72 Å². The summed E-state index contributed by atoms with van der Waals surface area (Å²) >= 11 is 0. The number of nitrogens with zero attached hydrogens (tertiary/aromatic N) is 3. The number of carbonyl (C=O) groups excluding carboxylic acids is 1. The highest BCUT2D eigenvalue weighted by Crippen LogP contribution is 2.33. The van der Waals surface area contributed by atoms with Crippen LogP contribution in [-0.2, 0) is 21.1 Å². The fraction of sp³-hybridized carbons (Fsp3) is 0.389. The zero-order valence-corrected chi connectivity index (χ0v) is 17.5. The van der Waals surface area contributed by atoms with E-state index in [4.69, 9.17) is 14.4 Å². The third-order valence-electron chi connectivity index (χ3n) is 4.52. The summed E-state index contributed by atoms with van der Waals surface area (Å²) in [6.45, 7) is 1.48. The van der Waals surface area contributed by atoms with Gasteiger partial charge in [-0.1, -0.05) is 6.07 Å². The Balaban J connectivity index is 1.72. The molecule has 1 aliphatic rings. The van der Waals surface area contributed by atoms with Gasteiger partial charge in [-0.05, 0) is 24.6 Å². The van der Waals surface area contributed by atoms with Gasteiger partial charge in [-0.2, -0.15) is 36.1 Å². The van der Waals surface area contributed by atoms with Crippen LogP contribution in [0.4, 0.5) is 24.9 Å². The van der Waals surface area contributed by atoms with Gasteiger partial charge < -0.3 is 14.5 Å². The third kappa shape index (κ3) is 5.55. The molecule has 0 saturated carbocycles. The Labute approximate surface area is 181 Å². The van der Waals surface area contributed by atoms with Crippen molar-refractivity contribution in [3.63, 3.8) is 0 Å². The van der Waals surface area contributed by atoms with E-state index in [1.807, 2.05) is 10.8 Å². The van der Waals surface area contributed by atoms with Gasteiger partial charge in [0.25, 0.3) is 11.9 Å². The lowest BCUT2D eigenvalue weighted by atomic mass is 10.1. The number of aryl methyl sites for hydroxylation is 1. The summed E-state index contributed by atoms with van der Waals surface area (Å²) in [5.74, 6) is -1.80. The second-order valence-electron chi connectivity index (χ2n) is 6.89. The molecular weight excluding hydrogens is 455 g/mol. The van der Waals surface area contributed by atoms with E-state index in [0.717, 1.165) is 22.7 Å². The van der Waals surface area contributed by atoms with Crippen molar-refractivity contribution in [1.82, 2.24) is 14.0 Å². The van der Waals surface area contributed by atoms with Crippen LogP contribution in [0.1, 0.15) is 21.6 Å². The molecule has 2 heterocycles. The molecule has 1 aromatic carbocycles. The van der Waals surface area contributed by atoms with E-state index in [2.05, 4.69) is 10.3 Å². The van der Waals surface area contributed by atoms with E-state index in [1.165, 1.54) is 6.07 Å². The molecule has 2 aromatic rings. The van der Waals surface area contributed by atoms with Gasteiger partial charge in [0, 0.05) is 18.8 Å². The number of carbonyl (C=O) groups is 1. The summed E-state index contributed by atoms with van der Waals surface area (Å²) in [6, 6.07) is 4.66. The van der Waals surface area contributed by atoms with E-state index < -0.39 is 39.5 Å². The number of amides is 1. The molecule has 14 heteroatoms. The van der Waals surface area contributed by atoms with Gasteiger partial charge >= 0.3 is 16.4 Å². The number of hydrogen-bond donors (Lipinski definition) is 2. The SMILES string of the molecule is Cc1ccc(C(F)(F)F)cc1Nc1nc(C(=O)NS(=O)(=O)N2CCOCC(C#N)C2)co1. The van der Waals surface area contributed by atoms with Gasteiger partial charge in [-0.3, -0.25) is 4.79 Å². The molecule has 0 bridgehead atoms. The quantitative estimate of drug-likeness (QED) is 0.674. The normalized spacial score (nSPS) is 17.9. The molecule has 0 spiro atoms. The average Bonchev–Trinajstić information content (AvgIpc) is 3.03. The summed E-state index contributed by atoms with van der Waals surface area (Å²) in [5, 5.41) is 11.6. The van der Waals surface area contributed by atoms with Gasteiger partial charge in [0.1, 0.15) is 6.26 Å². The molecule has 1 aromatic heterocycles. The minimum Gasteiger partial charge on any atom is -0.431 e. The highest BCUT2D eigenvalue weighted by molar-refractivity contribution is 7.87. The lowest BCUT2D eigenvalue weighted by molar-refractivity contribution is -0.137. The van der Waals surface area contributed by atoms with Crippen LogP contribution in [0, 0.1) is 24.2 Å². The number of aromatic nitrogens is 1. The highest BCUT2D eigenvalue weighted by Gasteiger charge is 2.32. The summed E-state index contributed by atoms with van der Waals surface area (Å²) < 4.78 is 76.7. The van der Waals surface area contributed by atoms with E-state index in [9.17, 15) is 26.4 Å². The van der Waals surface area contributed by atoms with Gasteiger partial charge in [0.15, 0.2) is 5.69 Å². The van der Waals surface area contributed by atoms with Crippen LogP contribution in [0.2, 0.25) is 0 Å². The van der Waals surface area contributed by atoms with E-state index in [0.29, 0.717) is 5.56 Å². The molecule has 0 aliphatic carbocycles. The molecule has 1 saturated heterocycles. The molecule has 1 fully saturated rings. The molecule has 3 rings (SSSR count). The fourth-order valence-corrected chi connectivity index (χ4v) is 3.95. The largest absolute Gasteiger partial charge is 0.431 e. The van der Waals surface area contributed by atoms with Gasteiger partial charge in [0.2, 0.25) is 0 Å². The Morgan fingerprint density at radius 2 is 2.12 bits per heavy atom. The number of hydrogen-bond acceptors (Lipinski definition) is 8. The Morgan fingerprint density at radius 3 is 2.81 bits per heavy atom. The number of nitrogens with one attached hydrogen (secondary N) is 2. The van der Waals surface area contributed by atoms with Crippen LogP contribution < -0.4 is 10.0 Å². The zero-order valence-electron chi connectivity index (χ0n) is 16.6. The minimum absolute atomic E-state index is 0.0494. The standard InChI is InChI=1S/C18H18F3N5O5S/c1-11-2-3-13(18(19,20)21)6-14(11)23-17-24-15(10-31-17)16(27)25-32(28,29)26-4-5-30-9-12(7-22)8-26/h2-3,6,10,12H,4-5,8-9H2,1H3,(H,23,24)(H,25,27). The number of anilines is 2. The summed E-state index contributed by atoms with van der Waals surface area (Å²) in [5.41, 5.74) is -0.796. The van der Waals surface area contributed by atoms with Crippen molar-refractivity contribution in [2.45, 2.75) is 13.1 Å². The predicted molar refractivity (Wildman–Crippen MR) is 104 cm³/mol. The van der Waals surface area contributed by atoms with Crippen LogP contribution in [0.3, 0.4) is 0 Å². The second kappa shape index (κ2) is 9.15. The van der Waals surface area contributed by atoms with Gasteiger partial charge in [0.05, 0.1) is 30.8 Å². The first-order chi connectivity index (χ1) is 15.0. The van der Waals surface area contributed by atoms with E-state index in [1.54, 1.807) is 6.92 Å². The number of halogens is 3. The maximum atomic E-state index is 12.9. The predicted octanol–water partition coefficient (Wildman–Crippen LogP) is 2.19. The first-order valence-electron chi connectivity index (χ1n) is 9.19. The molecule has 32 heavy (non-hydrogen) atoms. The highest BCUT2D eigenvalue weighted by atomic mass is 32.2. The summed E-state index contributed by atoms with van der Waals surface area (Å²) in [7, 11) is -4.30. The number of alkyl halides is 3. The van der Waals surface area contributed by atoms with Crippen molar-refractivity contribution in [1.29, 1.82) is 5.26 Å². The topological polar surface area (TPSA) is 138 Å². The maximum Gasteiger partial charge on any atom is 0.416 e. The van der Waals surface area contributed by atoms with Crippen LogP contribution >= 0.6 is 0 Å². The number of benzene rings is 1. The Hall–Kier alpha value is -3.15. The van der Waals surface area contributed by atoms with Crippen LogP contribution in [0.25, 0.3) is 0 Å². The lowest BCUT2D eigenvalue weighted by Gasteiger charge is -2.20. The van der Waals surface area contributed by atoms with Crippen LogP contribution in [-0.4, -0.2) is 49.9 Å². The van der Waals surface area contributed by atoms with Gasteiger partial charge in [-0.15, -0.1) is 0 Å². The van der Waals surface area contributed by atoms with E-state index in [-0.39, 0.29) is 38.0 Å². The number of nitriles is 1. The molecule has 172 valence electrons. The lowest BCUT2D eigenvalue weighted by Crippen LogP contribution is -2.45. The first kappa shape index (κ1) is 23.5. The zero-order chi connectivity index (χ0) is 23.5. The second-order valence-corrected chi connectivity index (χ2v) is 8.56. The molecule has 10 nitrogen and oxygen atoms in total. The molecule has 1 atom stereocenters. The minimum atomic E-state index is -4.55. The molecule has 1 unspecified atom stereocenters. The first-order valence-corrected chi connectivity index (χ1v) is 10.6. The van der Waals surface area contributed by atoms with Crippen molar-refractivity contribution in [2.75, 3.05) is 31.6 Å². The average molecular weight is 473 g/mol. The van der Waals surface area contributed by atoms with Crippen LogP contribution in [0.15, 0.2) is 28.9 Å². The molecule has 2 N–H and O–H groups in total. The van der Waals surface area contributed by atoms with Crippen molar-refractivity contribution in [3.8, 4) is 6.07 Å². The van der Waals surface area contributed by atoms with Crippen molar-refractivity contribution < 1.29 is 35.5 Å². The van der Waals surface area contributed by atoms with Crippen molar-refractivity contribution >= 4 is 27.8 Å². The Kier molecular flexibility index (Phi) is 6.72. The molecule has 0 radical (unpaired) electrons. The number of ether oxygens (including phenoxy) is 1. The summed E-state index contributed by atoms with van der Waals surface area (Å²) in [4.78, 5) is 16.1. The smallest absolute Gasteiger partial charge is 0.416 e. The fourth-order valence-electron chi connectivity index (χ4n) is 2.80. The Bertz CT molecular complexity index is 1140.